The van der Waals surface area contributed by atoms with E-state index in [-0.39, 0.29) is 11.4 Å². The van der Waals surface area contributed by atoms with Crippen molar-refractivity contribution in [3.05, 3.63) is 53.8 Å². The number of H-pyrrole nitrogens is 1. The maximum absolute atomic E-state index is 13.3. The molecule has 0 atom stereocenters. The second-order valence-electron chi connectivity index (χ2n) is 7.69. The highest BCUT2D eigenvalue weighted by atomic mass is 32.1. The first kappa shape index (κ1) is 16.1. The van der Waals surface area contributed by atoms with Crippen LogP contribution in [0.1, 0.15) is 22.5 Å². The molecule has 1 aromatic carbocycles. The van der Waals surface area contributed by atoms with Gasteiger partial charge in [-0.25, -0.2) is 9.97 Å². The van der Waals surface area contributed by atoms with E-state index in [1.807, 2.05) is 30.5 Å². The molecule has 2 fully saturated rings. The number of aromatic nitrogens is 3. The van der Waals surface area contributed by atoms with Gasteiger partial charge in [-0.3, -0.25) is 4.79 Å². The maximum Gasteiger partial charge on any atom is 0.264 e. The SMILES string of the molecule is O=C(c1cc2ccccc2s1)N1CCN(c2ncnc3[nH]ccc23)CC12CC2. The Balaban J connectivity index is 1.30. The molecule has 28 heavy (non-hydrogen) atoms. The second kappa shape index (κ2) is 5.78. The number of hydrogen-bond acceptors (Lipinski definition) is 5. The van der Waals surface area contributed by atoms with Crippen molar-refractivity contribution in [2.45, 2.75) is 18.4 Å². The summed E-state index contributed by atoms with van der Waals surface area (Å²) in [5.74, 6) is 1.14. The van der Waals surface area contributed by atoms with E-state index in [4.69, 9.17) is 0 Å². The lowest BCUT2D eigenvalue weighted by molar-refractivity contribution is 0.0629. The predicted octanol–water partition coefficient (Wildman–Crippen LogP) is 3.67. The lowest BCUT2D eigenvalue weighted by atomic mass is 10.1. The maximum atomic E-state index is 13.3. The molecule has 4 heterocycles. The van der Waals surface area contributed by atoms with Gasteiger partial charge in [-0.05, 0) is 36.4 Å². The molecular weight excluding hydrogens is 370 g/mol. The van der Waals surface area contributed by atoms with Crippen LogP contribution < -0.4 is 4.90 Å². The molecule has 1 N–H and O–H groups in total. The number of piperazine rings is 1. The summed E-state index contributed by atoms with van der Waals surface area (Å²) < 4.78 is 1.17. The van der Waals surface area contributed by atoms with Gasteiger partial charge in [0.15, 0.2) is 0 Å². The largest absolute Gasteiger partial charge is 0.352 e. The third kappa shape index (κ3) is 2.36. The zero-order chi connectivity index (χ0) is 18.7. The lowest BCUT2D eigenvalue weighted by Gasteiger charge is -2.42. The molecule has 0 bridgehead atoms. The number of anilines is 1. The van der Waals surface area contributed by atoms with E-state index in [1.165, 1.54) is 4.70 Å². The van der Waals surface area contributed by atoms with Crippen molar-refractivity contribution in [2.75, 3.05) is 24.5 Å². The van der Waals surface area contributed by atoms with Gasteiger partial charge >= 0.3 is 0 Å². The standard InChI is InChI=1S/C21H19N5OS/c27-20(17-11-14-3-1-2-4-16(14)28-17)26-10-9-25(12-21(26)6-7-21)19-15-5-8-22-18(15)23-13-24-19/h1-5,8,11,13H,6-7,9-10,12H2,(H,22,23,24). The quantitative estimate of drug-likeness (QED) is 0.568. The summed E-state index contributed by atoms with van der Waals surface area (Å²) in [4.78, 5) is 30.6. The number of hydrogen-bond donors (Lipinski definition) is 1. The smallest absolute Gasteiger partial charge is 0.264 e. The Bertz CT molecular complexity index is 1170. The second-order valence-corrected chi connectivity index (χ2v) is 8.77. The lowest BCUT2D eigenvalue weighted by Crippen LogP contribution is -2.57. The van der Waals surface area contributed by atoms with E-state index in [1.54, 1.807) is 17.7 Å². The monoisotopic (exact) mass is 389 g/mol. The highest BCUT2D eigenvalue weighted by Crippen LogP contribution is 2.46. The van der Waals surface area contributed by atoms with Crippen molar-refractivity contribution in [3.63, 3.8) is 0 Å². The number of carbonyl (C=O) groups excluding carboxylic acids is 1. The molecule has 0 radical (unpaired) electrons. The van der Waals surface area contributed by atoms with Crippen molar-refractivity contribution >= 4 is 44.2 Å². The van der Waals surface area contributed by atoms with Crippen molar-refractivity contribution in [1.29, 1.82) is 0 Å². The summed E-state index contributed by atoms with van der Waals surface area (Å²) in [5, 5.41) is 2.19. The summed E-state index contributed by atoms with van der Waals surface area (Å²) >= 11 is 1.60. The van der Waals surface area contributed by atoms with Gasteiger partial charge in [0, 0.05) is 30.5 Å². The van der Waals surface area contributed by atoms with Crippen molar-refractivity contribution in [1.82, 2.24) is 19.9 Å². The fraction of sp³-hybridized carbons (Fsp3) is 0.286. The minimum atomic E-state index is -0.0565. The fourth-order valence-electron chi connectivity index (χ4n) is 4.38. The molecule has 1 amide bonds. The zero-order valence-corrected chi connectivity index (χ0v) is 16.1. The molecular formula is C21H19N5OS. The Morgan fingerprint density at radius 1 is 1.14 bits per heavy atom. The van der Waals surface area contributed by atoms with Gasteiger partial charge < -0.3 is 14.8 Å². The van der Waals surface area contributed by atoms with Crippen LogP contribution in [-0.2, 0) is 0 Å². The normalized spacial score (nSPS) is 18.3. The van der Waals surface area contributed by atoms with Crippen LogP contribution in [0.5, 0.6) is 0 Å². The van der Waals surface area contributed by atoms with Crippen LogP contribution in [0.15, 0.2) is 48.9 Å². The van der Waals surface area contributed by atoms with Gasteiger partial charge in [-0.15, -0.1) is 11.3 Å². The third-order valence-corrected chi connectivity index (χ3v) is 7.10. The average Bonchev–Trinajstić information content (AvgIpc) is 3.16. The molecule has 6 nitrogen and oxygen atoms in total. The number of nitrogens with zero attached hydrogens (tertiary/aromatic N) is 4. The molecule has 3 aromatic heterocycles. The predicted molar refractivity (Wildman–Crippen MR) is 111 cm³/mol. The molecule has 6 rings (SSSR count). The molecule has 1 spiro atoms. The third-order valence-electron chi connectivity index (χ3n) is 5.99. The summed E-state index contributed by atoms with van der Waals surface area (Å²) in [6, 6.07) is 12.3. The van der Waals surface area contributed by atoms with Crippen molar-refractivity contribution < 1.29 is 4.79 Å². The topological polar surface area (TPSA) is 65.1 Å². The van der Waals surface area contributed by atoms with Gasteiger partial charge in [-0.2, -0.15) is 0 Å². The highest BCUT2D eigenvalue weighted by Gasteiger charge is 2.53. The van der Waals surface area contributed by atoms with Crippen LogP contribution in [-0.4, -0.2) is 50.9 Å². The summed E-state index contributed by atoms with van der Waals surface area (Å²) in [7, 11) is 0. The average molecular weight is 389 g/mol. The van der Waals surface area contributed by atoms with E-state index in [0.717, 1.165) is 59.6 Å². The Hall–Kier alpha value is -2.93. The molecule has 1 saturated carbocycles. The number of rotatable bonds is 2. The molecule has 1 aliphatic heterocycles. The number of nitrogens with one attached hydrogen (secondary N) is 1. The number of thiophene rings is 1. The van der Waals surface area contributed by atoms with Gasteiger partial charge in [-0.1, -0.05) is 18.2 Å². The number of aromatic amines is 1. The summed E-state index contributed by atoms with van der Waals surface area (Å²) in [6.07, 6.45) is 5.63. The van der Waals surface area contributed by atoms with Gasteiger partial charge in [0.25, 0.3) is 5.91 Å². The Morgan fingerprint density at radius 3 is 2.89 bits per heavy atom. The van der Waals surface area contributed by atoms with Crippen LogP contribution in [0, 0.1) is 0 Å². The Morgan fingerprint density at radius 2 is 2.04 bits per heavy atom. The van der Waals surface area contributed by atoms with E-state index >= 15 is 0 Å². The highest BCUT2D eigenvalue weighted by molar-refractivity contribution is 7.20. The van der Waals surface area contributed by atoms with E-state index in [9.17, 15) is 4.79 Å². The fourth-order valence-corrected chi connectivity index (χ4v) is 5.39. The number of benzene rings is 1. The van der Waals surface area contributed by atoms with Crippen molar-refractivity contribution in [3.8, 4) is 0 Å². The molecule has 7 heteroatoms. The molecule has 1 saturated heterocycles. The van der Waals surface area contributed by atoms with Crippen LogP contribution in [0.4, 0.5) is 5.82 Å². The molecule has 0 unspecified atom stereocenters. The number of amides is 1. The minimum absolute atomic E-state index is 0.0565. The van der Waals surface area contributed by atoms with Gasteiger partial charge in [0.2, 0.25) is 0 Å². The summed E-state index contributed by atoms with van der Waals surface area (Å²) in [6.45, 7) is 2.35. The van der Waals surface area contributed by atoms with Crippen LogP contribution >= 0.6 is 11.3 Å². The van der Waals surface area contributed by atoms with Crippen LogP contribution in [0.25, 0.3) is 21.1 Å². The van der Waals surface area contributed by atoms with Crippen LogP contribution in [0.2, 0.25) is 0 Å². The van der Waals surface area contributed by atoms with E-state index in [2.05, 4.69) is 36.9 Å². The van der Waals surface area contributed by atoms with Gasteiger partial charge in [0.05, 0.1) is 15.8 Å². The number of carbonyl (C=O) groups is 1. The molecule has 4 aromatic rings. The van der Waals surface area contributed by atoms with Crippen LogP contribution in [0.3, 0.4) is 0 Å². The molecule has 2 aliphatic rings. The summed E-state index contributed by atoms with van der Waals surface area (Å²) in [5.41, 5.74) is 0.803. The first-order chi connectivity index (χ1) is 13.7. The first-order valence-electron chi connectivity index (χ1n) is 9.57. The Kier molecular flexibility index (Phi) is 3.32. The number of fused-ring (bicyclic) bond motifs is 2. The molecule has 140 valence electrons. The van der Waals surface area contributed by atoms with E-state index in [0.29, 0.717) is 0 Å². The zero-order valence-electron chi connectivity index (χ0n) is 15.3. The first-order valence-corrected chi connectivity index (χ1v) is 10.4. The Labute approximate surface area is 165 Å². The van der Waals surface area contributed by atoms with E-state index < -0.39 is 0 Å². The van der Waals surface area contributed by atoms with Crippen molar-refractivity contribution in [2.24, 2.45) is 0 Å². The minimum Gasteiger partial charge on any atom is -0.352 e. The van der Waals surface area contributed by atoms with Gasteiger partial charge in [0.1, 0.15) is 17.8 Å². The molecule has 1 aliphatic carbocycles.